The zero-order chi connectivity index (χ0) is 16.1. The number of carbonyl (C=O) groups excluding carboxylic acids is 1. The van der Waals surface area contributed by atoms with Gasteiger partial charge in [-0.15, -0.1) is 0 Å². The summed E-state index contributed by atoms with van der Waals surface area (Å²) in [5.74, 6) is 0.0433. The van der Waals surface area contributed by atoms with Crippen LogP contribution >= 0.6 is 11.8 Å². The van der Waals surface area contributed by atoms with Crippen molar-refractivity contribution < 1.29 is 4.79 Å². The fraction of sp³-hybridized carbons (Fsp3) is 0.222. The van der Waals surface area contributed by atoms with Crippen molar-refractivity contribution >= 4 is 28.7 Å². The lowest BCUT2D eigenvalue weighted by Crippen LogP contribution is -2.31. The number of para-hydroxylation sites is 2. The molecule has 1 amide bonds. The number of rotatable bonds is 6. The number of aromatic amines is 1. The van der Waals surface area contributed by atoms with Crippen LogP contribution in [-0.4, -0.2) is 21.1 Å². The first-order chi connectivity index (χ1) is 11.3. The SMILES string of the molecule is CCC(Sc1nc2ccccc2[nH]1)C(=O)NCc1ccccc1. The molecular formula is C18H19N3OS. The Labute approximate surface area is 139 Å². The van der Waals surface area contributed by atoms with E-state index in [1.807, 2.05) is 61.5 Å². The summed E-state index contributed by atoms with van der Waals surface area (Å²) in [7, 11) is 0. The molecule has 1 heterocycles. The van der Waals surface area contributed by atoms with Crippen molar-refractivity contribution in [2.24, 2.45) is 0 Å². The van der Waals surface area contributed by atoms with Crippen LogP contribution in [0.1, 0.15) is 18.9 Å². The van der Waals surface area contributed by atoms with Crippen molar-refractivity contribution in [1.82, 2.24) is 15.3 Å². The van der Waals surface area contributed by atoms with Gasteiger partial charge in [-0.1, -0.05) is 61.2 Å². The lowest BCUT2D eigenvalue weighted by atomic mass is 10.2. The molecule has 118 valence electrons. The number of fused-ring (bicyclic) bond motifs is 1. The number of nitrogens with one attached hydrogen (secondary N) is 2. The number of thioether (sulfide) groups is 1. The van der Waals surface area contributed by atoms with E-state index in [2.05, 4.69) is 15.3 Å². The van der Waals surface area contributed by atoms with Gasteiger partial charge in [0, 0.05) is 6.54 Å². The van der Waals surface area contributed by atoms with Crippen molar-refractivity contribution in [3.05, 3.63) is 60.2 Å². The largest absolute Gasteiger partial charge is 0.351 e. The van der Waals surface area contributed by atoms with E-state index in [9.17, 15) is 4.79 Å². The minimum Gasteiger partial charge on any atom is -0.351 e. The Bertz CT molecular complexity index is 752. The first-order valence-corrected chi connectivity index (χ1v) is 8.57. The summed E-state index contributed by atoms with van der Waals surface area (Å²) in [6.45, 7) is 2.57. The molecule has 4 nitrogen and oxygen atoms in total. The van der Waals surface area contributed by atoms with E-state index in [1.165, 1.54) is 11.8 Å². The highest BCUT2D eigenvalue weighted by molar-refractivity contribution is 8.00. The monoisotopic (exact) mass is 325 g/mol. The Morgan fingerprint density at radius 1 is 1.17 bits per heavy atom. The Morgan fingerprint density at radius 2 is 1.91 bits per heavy atom. The molecule has 0 spiro atoms. The summed E-state index contributed by atoms with van der Waals surface area (Å²) in [6, 6.07) is 17.8. The summed E-state index contributed by atoms with van der Waals surface area (Å²) in [5.41, 5.74) is 3.02. The molecule has 0 bridgehead atoms. The molecule has 1 atom stereocenters. The van der Waals surface area contributed by atoms with Gasteiger partial charge in [-0.2, -0.15) is 0 Å². The lowest BCUT2D eigenvalue weighted by Gasteiger charge is -2.13. The smallest absolute Gasteiger partial charge is 0.233 e. The van der Waals surface area contributed by atoms with Gasteiger partial charge < -0.3 is 10.3 Å². The molecule has 2 N–H and O–H groups in total. The highest BCUT2D eigenvalue weighted by Gasteiger charge is 2.19. The lowest BCUT2D eigenvalue weighted by molar-refractivity contribution is -0.120. The van der Waals surface area contributed by atoms with Crippen LogP contribution in [0.5, 0.6) is 0 Å². The predicted molar refractivity (Wildman–Crippen MR) is 94.3 cm³/mol. The molecule has 0 saturated carbocycles. The third-order valence-electron chi connectivity index (χ3n) is 3.59. The molecule has 1 unspecified atom stereocenters. The average molecular weight is 325 g/mol. The second-order valence-corrected chi connectivity index (χ2v) is 6.47. The van der Waals surface area contributed by atoms with Crippen molar-refractivity contribution in [3.8, 4) is 0 Å². The van der Waals surface area contributed by atoms with Gasteiger partial charge in [-0.3, -0.25) is 4.79 Å². The first-order valence-electron chi connectivity index (χ1n) is 7.69. The Kier molecular flexibility index (Phi) is 4.98. The summed E-state index contributed by atoms with van der Waals surface area (Å²) in [5, 5.41) is 3.63. The number of benzene rings is 2. The van der Waals surface area contributed by atoms with Crippen LogP contribution in [0.25, 0.3) is 11.0 Å². The number of hydrogen-bond acceptors (Lipinski definition) is 3. The van der Waals surface area contributed by atoms with Gasteiger partial charge in [-0.05, 0) is 24.1 Å². The minimum atomic E-state index is -0.153. The Hall–Kier alpha value is -2.27. The van der Waals surface area contributed by atoms with E-state index >= 15 is 0 Å². The zero-order valence-corrected chi connectivity index (χ0v) is 13.8. The van der Waals surface area contributed by atoms with E-state index < -0.39 is 0 Å². The van der Waals surface area contributed by atoms with Gasteiger partial charge in [0.05, 0.1) is 16.3 Å². The number of amides is 1. The molecule has 0 fully saturated rings. The molecule has 2 aromatic carbocycles. The molecule has 3 rings (SSSR count). The predicted octanol–water partition coefficient (Wildman–Crippen LogP) is 3.75. The highest BCUT2D eigenvalue weighted by Crippen LogP contribution is 2.25. The van der Waals surface area contributed by atoms with Crippen LogP contribution in [0.3, 0.4) is 0 Å². The second-order valence-electron chi connectivity index (χ2n) is 5.28. The number of hydrogen-bond donors (Lipinski definition) is 2. The van der Waals surface area contributed by atoms with E-state index in [0.717, 1.165) is 28.2 Å². The third-order valence-corrected chi connectivity index (χ3v) is 4.84. The van der Waals surface area contributed by atoms with Gasteiger partial charge in [0.1, 0.15) is 0 Å². The molecule has 0 aliphatic carbocycles. The number of aromatic nitrogens is 2. The van der Waals surface area contributed by atoms with Gasteiger partial charge in [-0.25, -0.2) is 4.98 Å². The first kappa shape index (κ1) is 15.6. The fourth-order valence-electron chi connectivity index (χ4n) is 2.34. The molecule has 0 aliphatic rings. The van der Waals surface area contributed by atoms with Crippen LogP contribution in [-0.2, 0) is 11.3 Å². The maximum atomic E-state index is 12.4. The number of carbonyl (C=O) groups is 1. The van der Waals surface area contributed by atoms with Crippen molar-refractivity contribution in [2.45, 2.75) is 30.3 Å². The number of nitrogens with zero attached hydrogens (tertiary/aromatic N) is 1. The standard InChI is InChI=1S/C18H19N3OS/c1-2-16(17(22)19-12-13-8-4-3-5-9-13)23-18-20-14-10-6-7-11-15(14)21-18/h3-11,16H,2,12H2,1H3,(H,19,22)(H,20,21). The fourth-order valence-corrected chi connectivity index (χ4v) is 3.29. The molecule has 0 radical (unpaired) electrons. The van der Waals surface area contributed by atoms with E-state index in [-0.39, 0.29) is 11.2 Å². The van der Waals surface area contributed by atoms with Gasteiger partial charge in [0.25, 0.3) is 0 Å². The van der Waals surface area contributed by atoms with Crippen LogP contribution in [0.15, 0.2) is 59.8 Å². The highest BCUT2D eigenvalue weighted by atomic mass is 32.2. The van der Waals surface area contributed by atoms with Gasteiger partial charge in [0.15, 0.2) is 5.16 Å². The van der Waals surface area contributed by atoms with Gasteiger partial charge >= 0.3 is 0 Å². The second kappa shape index (κ2) is 7.33. The molecular weight excluding hydrogens is 306 g/mol. The average Bonchev–Trinajstić information content (AvgIpc) is 3.01. The quantitative estimate of drug-likeness (QED) is 0.679. The molecule has 1 aromatic heterocycles. The molecule has 23 heavy (non-hydrogen) atoms. The summed E-state index contributed by atoms with van der Waals surface area (Å²) in [6.07, 6.45) is 0.752. The van der Waals surface area contributed by atoms with E-state index in [4.69, 9.17) is 0 Å². The summed E-state index contributed by atoms with van der Waals surface area (Å²) in [4.78, 5) is 20.2. The van der Waals surface area contributed by atoms with Gasteiger partial charge in [0.2, 0.25) is 5.91 Å². The van der Waals surface area contributed by atoms with Crippen LogP contribution in [0, 0.1) is 0 Å². The van der Waals surface area contributed by atoms with Crippen LogP contribution in [0.4, 0.5) is 0 Å². The summed E-state index contributed by atoms with van der Waals surface area (Å²) >= 11 is 1.48. The van der Waals surface area contributed by atoms with Crippen LogP contribution in [0.2, 0.25) is 0 Å². The van der Waals surface area contributed by atoms with Crippen molar-refractivity contribution in [3.63, 3.8) is 0 Å². The molecule has 0 saturated heterocycles. The Balaban J connectivity index is 1.63. The molecule has 5 heteroatoms. The normalized spacial score (nSPS) is 12.2. The van der Waals surface area contributed by atoms with E-state index in [1.54, 1.807) is 0 Å². The zero-order valence-electron chi connectivity index (χ0n) is 13.0. The minimum absolute atomic E-state index is 0.0433. The Morgan fingerprint density at radius 3 is 2.65 bits per heavy atom. The maximum absolute atomic E-state index is 12.4. The number of H-pyrrole nitrogens is 1. The van der Waals surface area contributed by atoms with Crippen LogP contribution < -0.4 is 5.32 Å². The van der Waals surface area contributed by atoms with E-state index in [0.29, 0.717) is 6.54 Å². The summed E-state index contributed by atoms with van der Waals surface area (Å²) < 4.78 is 0. The maximum Gasteiger partial charge on any atom is 0.233 e. The topological polar surface area (TPSA) is 57.8 Å². The van der Waals surface area contributed by atoms with Crippen molar-refractivity contribution in [1.29, 1.82) is 0 Å². The molecule has 3 aromatic rings. The third kappa shape index (κ3) is 3.93. The van der Waals surface area contributed by atoms with Crippen molar-refractivity contribution in [2.75, 3.05) is 0 Å². The number of imidazole rings is 1. The molecule has 0 aliphatic heterocycles.